The number of nitrogens with two attached hydrogens (primary N) is 1. The molecule has 4 rings (SSSR count). The van der Waals surface area contributed by atoms with Gasteiger partial charge in [-0.3, -0.25) is 4.90 Å². The molecule has 1 atom stereocenters. The van der Waals surface area contributed by atoms with Crippen LogP contribution in [0.25, 0.3) is 22.0 Å². The summed E-state index contributed by atoms with van der Waals surface area (Å²) in [6.07, 6.45) is 4.40. The SMILES string of the molecule is C[C@@H]1CCCN1Cc1ccccc1-c1ccc2nc(N)ncc2c1. The number of aromatic nitrogens is 2. The van der Waals surface area contributed by atoms with Gasteiger partial charge in [0.05, 0.1) is 5.52 Å². The molecular weight excluding hydrogens is 296 g/mol. The van der Waals surface area contributed by atoms with Gasteiger partial charge in [-0.05, 0) is 55.1 Å². The molecule has 1 saturated heterocycles. The molecule has 1 fully saturated rings. The average molecular weight is 318 g/mol. The maximum Gasteiger partial charge on any atom is 0.220 e. The van der Waals surface area contributed by atoms with Crippen LogP contribution in [0.2, 0.25) is 0 Å². The molecule has 0 spiro atoms. The van der Waals surface area contributed by atoms with Gasteiger partial charge in [0.1, 0.15) is 0 Å². The lowest BCUT2D eigenvalue weighted by molar-refractivity contribution is 0.261. The summed E-state index contributed by atoms with van der Waals surface area (Å²) < 4.78 is 0. The van der Waals surface area contributed by atoms with Crippen molar-refractivity contribution in [3.05, 3.63) is 54.2 Å². The minimum absolute atomic E-state index is 0.318. The molecule has 2 N–H and O–H groups in total. The third-order valence-corrected chi connectivity index (χ3v) is 4.99. The number of fused-ring (bicyclic) bond motifs is 1. The first-order chi connectivity index (χ1) is 11.7. The van der Waals surface area contributed by atoms with Crippen molar-refractivity contribution in [2.24, 2.45) is 0 Å². The van der Waals surface area contributed by atoms with Crippen LogP contribution in [0.15, 0.2) is 48.7 Å². The van der Waals surface area contributed by atoms with Crippen LogP contribution >= 0.6 is 0 Å². The van der Waals surface area contributed by atoms with E-state index in [4.69, 9.17) is 5.73 Å². The van der Waals surface area contributed by atoms with E-state index in [0.29, 0.717) is 12.0 Å². The molecule has 4 nitrogen and oxygen atoms in total. The number of hydrogen-bond donors (Lipinski definition) is 1. The van der Waals surface area contributed by atoms with Gasteiger partial charge in [-0.15, -0.1) is 0 Å². The average Bonchev–Trinajstić information content (AvgIpc) is 3.00. The highest BCUT2D eigenvalue weighted by Gasteiger charge is 2.21. The lowest BCUT2D eigenvalue weighted by atomic mass is 9.98. The van der Waals surface area contributed by atoms with Gasteiger partial charge in [-0.1, -0.05) is 30.3 Å². The maximum absolute atomic E-state index is 5.67. The predicted octanol–water partition coefficient (Wildman–Crippen LogP) is 3.86. The van der Waals surface area contributed by atoms with Crippen LogP contribution in [-0.2, 0) is 6.54 Å². The molecule has 2 aromatic carbocycles. The van der Waals surface area contributed by atoms with Gasteiger partial charge in [0.25, 0.3) is 0 Å². The summed E-state index contributed by atoms with van der Waals surface area (Å²) in [4.78, 5) is 11.0. The van der Waals surface area contributed by atoms with Crippen LogP contribution in [-0.4, -0.2) is 27.5 Å². The Labute approximate surface area is 142 Å². The number of nitrogen functional groups attached to an aromatic ring is 1. The highest BCUT2D eigenvalue weighted by Crippen LogP contribution is 2.29. The van der Waals surface area contributed by atoms with Crippen molar-refractivity contribution in [2.45, 2.75) is 32.4 Å². The molecule has 2 heterocycles. The van der Waals surface area contributed by atoms with Gasteiger partial charge in [-0.25, -0.2) is 9.97 Å². The Bertz CT molecular complexity index is 874. The largest absolute Gasteiger partial charge is 0.368 e. The van der Waals surface area contributed by atoms with Crippen LogP contribution in [0.5, 0.6) is 0 Å². The molecule has 1 aromatic heterocycles. The van der Waals surface area contributed by atoms with E-state index in [0.717, 1.165) is 17.4 Å². The van der Waals surface area contributed by atoms with Gasteiger partial charge < -0.3 is 5.73 Å². The van der Waals surface area contributed by atoms with E-state index in [1.165, 1.54) is 36.1 Å². The smallest absolute Gasteiger partial charge is 0.220 e. The summed E-state index contributed by atoms with van der Waals surface area (Å²) in [5, 5.41) is 1.02. The fourth-order valence-electron chi connectivity index (χ4n) is 3.60. The monoisotopic (exact) mass is 318 g/mol. The third-order valence-electron chi connectivity index (χ3n) is 4.99. The Kier molecular flexibility index (Phi) is 3.90. The molecule has 24 heavy (non-hydrogen) atoms. The fourth-order valence-corrected chi connectivity index (χ4v) is 3.60. The summed E-state index contributed by atoms with van der Waals surface area (Å²) in [5.74, 6) is 0.318. The molecule has 0 unspecified atom stereocenters. The summed E-state index contributed by atoms with van der Waals surface area (Å²) in [6.45, 7) is 4.53. The Hall–Kier alpha value is -2.46. The van der Waals surface area contributed by atoms with Crippen molar-refractivity contribution >= 4 is 16.9 Å². The molecular formula is C20H22N4. The summed E-state index contributed by atoms with van der Waals surface area (Å²) in [6, 6.07) is 15.7. The van der Waals surface area contributed by atoms with Crippen LogP contribution in [0.1, 0.15) is 25.3 Å². The Morgan fingerprint density at radius 1 is 1.21 bits per heavy atom. The molecule has 122 valence electrons. The van der Waals surface area contributed by atoms with Crippen molar-refractivity contribution in [1.82, 2.24) is 14.9 Å². The number of nitrogens with zero attached hydrogens (tertiary/aromatic N) is 3. The maximum atomic E-state index is 5.67. The highest BCUT2D eigenvalue weighted by molar-refractivity contribution is 5.85. The van der Waals surface area contributed by atoms with Gasteiger partial charge in [-0.2, -0.15) is 0 Å². The molecule has 0 saturated carbocycles. The number of hydrogen-bond acceptors (Lipinski definition) is 4. The van der Waals surface area contributed by atoms with Crippen molar-refractivity contribution < 1.29 is 0 Å². The molecule has 0 amide bonds. The molecule has 0 aliphatic carbocycles. The molecule has 0 radical (unpaired) electrons. The fraction of sp³-hybridized carbons (Fsp3) is 0.300. The van der Waals surface area contributed by atoms with Crippen molar-refractivity contribution in [3.8, 4) is 11.1 Å². The lowest BCUT2D eigenvalue weighted by Crippen LogP contribution is -2.26. The molecule has 0 bridgehead atoms. The van der Waals surface area contributed by atoms with Gasteiger partial charge >= 0.3 is 0 Å². The second-order valence-corrected chi connectivity index (χ2v) is 6.62. The van der Waals surface area contributed by atoms with Gasteiger partial charge in [0.15, 0.2) is 0 Å². The first kappa shape index (κ1) is 15.1. The standard InChI is InChI=1S/C20H22N4/c1-14-5-4-10-24(14)13-16-6-2-3-7-18(16)15-8-9-19-17(11-15)12-22-20(21)23-19/h2-3,6-9,11-12,14H,4-5,10,13H2,1H3,(H2,21,22,23)/t14-/m1/s1. The molecule has 3 aromatic rings. The topological polar surface area (TPSA) is 55.0 Å². The molecule has 1 aliphatic rings. The quantitative estimate of drug-likeness (QED) is 0.796. The van der Waals surface area contributed by atoms with Crippen LogP contribution in [0, 0.1) is 0 Å². The summed E-state index contributed by atoms with van der Waals surface area (Å²) >= 11 is 0. The number of likely N-dealkylation sites (tertiary alicyclic amines) is 1. The van der Waals surface area contributed by atoms with E-state index in [9.17, 15) is 0 Å². The Morgan fingerprint density at radius 3 is 2.92 bits per heavy atom. The van der Waals surface area contributed by atoms with E-state index < -0.39 is 0 Å². The molecule has 4 heteroatoms. The van der Waals surface area contributed by atoms with Crippen LogP contribution in [0.4, 0.5) is 5.95 Å². The van der Waals surface area contributed by atoms with Crippen molar-refractivity contribution in [2.75, 3.05) is 12.3 Å². The first-order valence-electron chi connectivity index (χ1n) is 8.55. The van der Waals surface area contributed by atoms with Gasteiger partial charge in [0, 0.05) is 24.2 Å². The zero-order valence-corrected chi connectivity index (χ0v) is 13.9. The van der Waals surface area contributed by atoms with E-state index in [2.05, 4.69) is 58.2 Å². The number of benzene rings is 2. The van der Waals surface area contributed by atoms with Crippen molar-refractivity contribution in [3.63, 3.8) is 0 Å². The molecule has 1 aliphatic heterocycles. The van der Waals surface area contributed by atoms with E-state index in [1.54, 1.807) is 6.20 Å². The Balaban J connectivity index is 1.72. The van der Waals surface area contributed by atoms with E-state index in [1.807, 2.05) is 6.07 Å². The summed E-state index contributed by atoms with van der Waals surface area (Å²) in [7, 11) is 0. The normalized spacial score (nSPS) is 18.3. The van der Waals surface area contributed by atoms with Crippen LogP contribution < -0.4 is 5.73 Å². The van der Waals surface area contributed by atoms with E-state index in [-0.39, 0.29) is 0 Å². The van der Waals surface area contributed by atoms with Crippen molar-refractivity contribution in [1.29, 1.82) is 0 Å². The lowest BCUT2D eigenvalue weighted by Gasteiger charge is -2.22. The zero-order chi connectivity index (χ0) is 16.5. The highest BCUT2D eigenvalue weighted by atomic mass is 15.2. The van der Waals surface area contributed by atoms with Crippen LogP contribution in [0.3, 0.4) is 0 Å². The minimum atomic E-state index is 0.318. The Morgan fingerprint density at radius 2 is 2.08 bits per heavy atom. The second-order valence-electron chi connectivity index (χ2n) is 6.62. The third kappa shape index (κ3) is 2.85. The van der Waals surface area contributed by atoms with E-state index >= 15 is 0 Å². The zero-order valence-electron chi connectivity index (χ0n) is 13.9. The first-order valence-corrected chi connectivity index (χ1v) is 8.55. The number of rotatable bonds is 3. The number of anilines is 1. The minimum Gasteiger partial charge on any atom is -0.368 e. The van der Waals surface area contributed by atoms with Gasteiger partial charge in [0.2, 0.25) is 5.95 Å². The second kappa shape index (κ2) is 6.21. The predicted molar refractivity (Wildman–Crippen MR) is 98.5 cm³/mol. The summed E-state index contributed by atoms with van der Waals surface area (Å²) in [5.41, 5.74) is 10.4.